The van der Waals surface area contributed by atoms with Crippen LogP contribution in [0.4, 0.5) is 5.69 Å². The van der Waals surface area contributed by atoms with E-state index in [-0.39, 0.29) is 11.9 Å². The minimum Gasteiger partial charge on any atom is -0.497 e. The number of hydrogen-bond donors (Lipinski definition) is 2. The Kier molecular flexibility index (Phi) is 4.27. The summed E-state index contributed by atoms with van der Waals surface area (Å²) in [5.41, 5.74) is 6.53. The molecule has 19 heavy (non-hydrogen) atoms. The highest BCUT2D eigenvalue weighted by molar-refractivity contribution is 5.77. The summed E-state index contributed by atoms with van der Waals surface area (Å²) in [5, 5.41) is 0. The van der Waals surface area contributed by atoms with Gasteiger partial charge < -0.3 is 20.3 Å². The SMILES string of the molecule is COc1cccc(N2CC[NH+]([C@@H](C)C(N)=O)CC2)c1. The van der Waals surface area contributed by atoms with Crippen LogP contribution < -0.4 is 20.3 Å². The largest absolute Gasteiger partial charge is 0.497 e. The van der Waals surface area contributed by atoms with Gasteiger partial charge in [0.25, 0.3) is 5.91 Å². The van der Waals surface area contributed by atoms with Crippen LogP contribution >= 0.6 is 0 Å². The van der Waals surface area contributed by atoms with E-state index in [1.807, 2.05) is 25.1 Å². The van der Waals surface area contributed by atoms with E-state index in [1.54, 1.807) is 7.11 Å². The molecule has 5 nitrogen and oxygen atoms in total. The lowest BCUT2D eigenvalue weighted by atomic mass is 10.2. The topological polar surface area (TPSA) is 60.0 Å². The number of carbonyl (C=O) groups excluding carboxylic acids is 1. The lowest BCUT2D eigenvalue weighted by Gasteiger charge is -2.35. The predicted octanol–water partition coefficient (Wildman–Crippen LogP) is -0.726. The van der Waals surface area contributed by atoms with Crippen LogP contribution in [0.1, 0.15) is 6.92 Å². The predicted molar refractivity (Wildman–Crippen MR) is 74.6 cm³/mol. The Hall–Kier alpha value is -1.75. The molecule has 0 aromatic heterocycles. The van der Waals surface area contributed by atoms with Gasteiger partial charge in [0.15, 0.2) is 6.04 Å². The van der Waals surface area contributed by atoms with Crippen LogP contribution in [0.2, 0.25) is 0 Å². The molecule has 0 bridgehead atoms. The summed E-state index contributed by atoms with van der Waals surface area (Å²) in [6.07, 6.45) is 0. The van der Waals surface area contributed by atoms with Crippen molar-refractivity contribution < 1.29 is 14.4 Å². The zero-order chi connectivity index (χ0) is 13.8. The van der Waals surface area contributed by atoms with Gasteiger partial charge in [-0.2, -0.15) is 0 Å². The molecule has 3 N–H and O–H groups in total. The Labute approximate surface area is 113 Å². The molecule has 1 aliphatic heterocycles. The fourth-order valence-electron chi connectivity index (χ4n) is 2.49. The lowest BCUT2D eigenvalue weighted by molar-refractivity contribution is -0.914. The smallest absolute Gasteiger partial charge is 0.275 e. The number of nitrogens with two attached hydrogens (primary N) is 1. The number of quaternary nitrogens is 1. The Balaban J connectivity index is 1.97. The summed E-state index contributed by atoms with van der Waals surface area (Å²) < 4.78 is 5.24. The number of methoxy groups -OCH3 is 1. The zero-order valence-electron chi connectivity index (χ0n) is 11.6. The van der Waals surface area contributed by atoms with Crippen molar-refractivity contribution in [3.63, 3.8) is 0 Å². The van der Waals surface area contributed by atoms with Crippen LogP contribution in [-0.2, 0) is 4.79 Å². The first kappa shape index (κ1) is 13.7. The van der Waals surface area contributed by atoms with E-state index < -0.39 is 0 Å². The summed E-state index contributed by atoms with van der Waals surface area (Å²) in [4.78, 5) is 14.8. The molecule has 5 heteroatoms. The molecule has 2 rings (SSSR count). The van der Waals surface area contributed by atoms with Crippen LogP contribution in [0.5, 0.6) is 5.75 Å². The van der Waals surface area contributed by atoms with Crippen molar-refractivity contribution in [3.8, 4) is 5.75 Å². The summed E-state index contributed by atoms with van der Waals surface area (Å²) in [5.74, 6) is 0.655. The number of carbonyl (C=O) groups is 1. The van der Waals surface area contributed by atoms with Gasteiger partial charge in [-0.3, -0.25) is 4.79 Å². The van der Waals surface area contributed by atoms with Crippen molar-refractivity contribution >= 4 is 11.6 Å². The van der Waals surface area contributed by atoms with E-state index in [2.05, 4.69) is 11.0 Å². The van der Waals surface area contributed by atoms with E-state index in [4.69, 9.17) is 10.5 Å². The summed E-state index contributed by atoms with van der Waals surface area (Å²) in [7, 11) is 1.68. The Morgan fingerprint density at radius 3 is 2.68 bits per heavy atom. The molecule has 1 saturated heterocycles. The van der Waals surface area contributed by atoms with Crippen molar-refractivity contribution in [1.29, 1.82) is 0 Å². The van der Waals surface area contributed by atoms with Crippen molar-refractivity contribution in [2.75, 3.05) is 38.2 Å². The van der Waals surface area contributed by atoms with Crippen molar-refractivity contribution in [3.05, 3.63) is 24.3 Å². The van der Waals surface area contributed by atoms with E-state index in [9.17, 15) is 4.79 Å². The number of benzene rings is 1. The van der Waals surface area contributed by atoms with Gasteiger partial charge in [-0.25, -0.2) is 0 Å². The molecule has 0 spiro atoms. The molecular formula is C14H22N3O2+. The minimum absolute atomic E-state index is 0.104. The number of piperazine rings is 1. The van der Waals surface area contributed by atoms with Crippen LogP contribution in [-0.4, -0.2) is 45.2 Å². The molecule has 0 saturated carbocycles. The van der Waals surface area contributed by atoms with Crippen molar-refractivity contribution in [1.82, 2.24) is 0 Å². The normalized spacial score (nSPS) is 18.1. The molecule has 0 unspecified atom stereocenters. The van der Waals surface area contributed by atoms with Gasteiger partial charge in [-0.05, 0) is 19.1 Å². The van der Waals surface area contributed by atoms with Gasteiger partial charge in [0.05, 0.1) is 33.3 Å². The van der Waals surface area contributed by atoms with Gasteiger partial charge >= 0.3 is 0 Å². The van der Waals surface area contributed by atoms with Crippen molar-refractivity contribution in [2.24, 2.45) is 5.73 Å². The molecule has 1 aromatic carbocycles. The number of anilines is 1. The third-order valence-electron chi connectivity index (χ3n) is 3.86. The molecule has 1 atom stereocenters. The van der Waals surface area contributed by atoms with Crippen LogP contribution in [0.25, 0.3) is 0 Å². The first-order valence-electron chi connectivity index (χ1n) is 6.64. The Bertz CT molecular complexity index is 442. The number of rotatable bonds is 4. The van der Waals surface area contributed by atoms with Crippen LogP contribution in [0.3, 0.4) is 0 Å². The Morgan fingerprint density at radius 2 is 2.11 bits per heavy atom. The summed E-state index contributed by atoms with van der Waals surface area (Å²) >= 11 is 0. The number of ether oxygens (including phenoxy) is 1. The molecule has 1 aromatic rings. The lowest BCUT2D eigenvalue weighted by Crippen LogP contribution is -3.19. The van der Waals surface area contributed by atoms with Gasteiger partial charge in [0.1, 0.15) is 5.75 Å². The number of nitrogens with one attached hydrogen (secondary N) is 1. The van der Waals surface area contributed by atoms with E-state index in [0.29, 0.717) is 0 Å². The number of nitrogens with zero attached hydrogens (tertiary/aromatic N) is 1. The molecule has 104 valence electrons. The number of primary amides is 1. The molecule has 1 aliphatic rings. The Morgan fingerprint density at radius 1 is 1.42 bits per heavy atom. The van der Waals surface area contributed by atoms with E-state index in [1.165, 1.54) is 10.6 Å². The van der Waals surface area contributed by atoms with Gasteiger partial charge in [-0.15, -0.1) is 0 Å². The molecule has 0 radical (unpaired) electrons. The zero-order valence-corrected chi connectivity index (χ0v) is 11.6. The maximum Gasteiger partial charge on any atom is 0.275 e. The molecular weight excluding hydrogens is 242 g/mol. The van der Waals surface area contributed by atoms with E-state index in [0.717, 1.165) is 31.9 Å². The maximum atomic E-state index is 11.2. The van der Waals surface area contributed by atoms with Gasteiger partial charge in [0.2, 0.25) is 0 Å². The second-order valence-corrected chi connectivity index (χ2v) is 4.97. The molecule has 1 fully saturated rings. The third kappa shape index (κ3) is 3.17. The summed E-state index contributed by atoms with van der Waals surface area (Å²) in [6.45, 7) is 5.63. The van der Waals surface area contributed by atoms with Crippen LogP contribution in [0.15, 0.2) is 24.3 Å². The van der Waals surface area contributed by atoms with E-state index >= 15 is 0 Å². The number of hydrogen-bond acceptors (Lipinski definition) is 3. The molecule has 0 aliphatic carbocycles. The second-order valence-electron chi connectivity index (χ2n) is 4.97. The second kappa shape index (κ2) is 5.93. The highest BCUT2D eigenvalue weighted by Gasteiger charge is 2.27. The highest BCUT2D eigenvalue weighted by atomic mass is 16.5. The van der Waals surface area contributed by atoms with Crippen LogP contribution in [0, 0.1) is 0 Å². The first-order chi connectivity index (χ1) is 9.11. The fraction of sp³-hybridized carbons (Fsp3) is 0.500. The van der Waals surface area contributed by atoms with Crippen molar-refractivity contribution in [2.45, 2.75) is 13.0 Å². The monoisotopic (exact) mass is 264 g/mol. The van der Waals surface area contributed by atoms with Gasteiger partial charge in [-0.1, -0.05) is 6.07 Å². The third-order valence-corrected chi connectivity index (χ3v) is 3.86. The van der Waals surface area contributed by atoms with Gasteiger partial charge in [0, 0.05) is 11.8 Å². The average molecular weight is 264 g/mol. The standard InChI is InChI=1S/C14H21N3O2/c1-11(14(15)18)16-6-8-17(9-7-16)12-4-3-5-13(10-12)19-2/h3-5,10-11H,6-9H2,1-2H3,(H2,15,18)/p+1/t11-/m0/s1. The molecule has 1 heterocycles. The highest BCUT2D eigenvalue weighted by Crippen LogP contribution is 2.20. The average Bonchev–Trinajstić information content (AvgIpc) is 2.46. The maximum absolute atomic E-state index is 11.2. The first-order valence-corrected chi connectivity index (χ1v) is 6.64. The molecule has 1 amide bonds. The fourth-order valence-corrected chi connectivity index (χ4v) is 2.49. The minimum atomic E-state index is -0.218. The number of amides is 1. The quantitative estimate of drug-likeness (QED) is 0.754. The summed E-state index contributed by atoms with van der Waals surface area (Å²) in [6, 6.07) is 7.97.